The summed E-state index contributed by atoms with van der Waals surface area (Å²) in [5, 5.41) is 14.9. The molecule has 0 amide bonds. The number of fused-ring (bicyclic) bond motifs is 1. The molecule has 0 unspecified atom stereocenters. The van der Waals surface area contributed by atoms with Crippen molar-refractivity contribution in [2.45, 2.75) is 44.2 Å². The van der Waals surface area contributed by atoms with Gasteiger partial charge >= 0.3 is 0 Å². The van der Waals surface area contributed by atoms with Gasteiger partial charge in [0.2, 0.25) is 11.8 Å². The monoisotopic (exact) mass is 432 g/mol. The third-order valence-electron chi connectivity index (χ3n) is 5.67. The van der Waals surface area contributed by atoms with Crippen molar-refractivity contribution in [2.24, 2.45) is 0 Å². The lowest BCUT2D eigenvalue weighted by atomic mass is 9.96. The third kappa shape index (κ3) is 3.97. The maximum absolute atomic E-state index is 10.9. The molecule has 2 N–H and O–H groups in total. The fourth-order valence-corrected chi connectivity index (χ4v) is 4.40. The summed E-state index contributed by atoms with van der Waals surface area (Å²) in [5.74, 6) is 1.22. The van der Waals surface area contributed by atoms with Gasteiger partial charge in [0.25, 0.3) is 0 Å². The Balaban J connectivity index is 1.38. The number of rotatable bonds is 7. The number of nitrogens with one attached hydrogen (secondary N) is 2. The molecular weight excluding hydrogens is 408 g/mol. The molecular formula is C18H24N8O3S. The number of hydrogen-bond donors (Lipinski definition) is 3. The van der Waals surface area contributed by atoms with Crippen LogP contribution in [0, 0.1) is 0 Å². The molecule has 0 aromatic carbocycles. The molecule has 160 valence electrons. The van der Waals surface area contributed by atoms with E-state index in [1.165, 1.54) is 6.42 Å². The molecule has 0 atom stereocenters. The van der Waals surface area contributed by atoms with Crippen LogP contribution in [0.1, 0.15) is 32.1 Å². The highest BCUT2D eigenvalue weighted by Crippen LogP contribution is 2.32. The van der Waals surface area contributed by atoms with Gasteiger partial charge in [0.1, 0.15) is 11.8 Å². The Bertz CT molecular complexity index is 1080. The van der Waals surface area contributed by atoms with Crippen LogP contribution in [-0.2, 0) is 10.7 Å². The first kappa shape index (κ1) is 19.2. The number of hydrogen-bond acceptors (Lipinski definition) is 9. The minimum Gasteiger partial charge on any atom is -0.473 e. The Morgan fingerprint density at radius 3 is 2.70 bits per heavy atom. The molecule has 3 aromatic heterocycles. The first-order valence-electron chi connectivity index (χ1n) is 10.2. The number of likely N-dealkylation sites (tertiary alicyclic amines) is 1. The van der Waals surface area contributed by atoms with E-state index in [9.17, 15) is 8.42 Å². The zero-order chi connectivity index (χ0) is 20.5. The van der Waals surface area contributed by atoms with Gasteiger partial charge in [0, 0.05) is 30.9 Å². The van der Waals surface area contributed by atoms with Crippen LogP contribution in [0.5, 0.6) is 5.88 Å². The Labute approximate surface area is 174 Å². The topological polar surface area (TPSA) is 130 Å². The quantitative estimate of drug-likeness (QED) is 0.466. The van der Waals surface area contributed by atoms with Gasteiger partial charge in [-0.15, -0.1) is 5.10 Å². The molecule has 12 heteroatoms. The van der Waals surface area contributed by atoms with Crippen LogP contribution < -0.4 is 10.1 Å². The molecule has 1 aliphatic carbocycles. The molecule has 3 aromatic rings. The average Bonchev–Trinajstić information content (AvgIpc) is 3.35. The Kier molecular flexibility index (Phi) is 5.25. The number of aromatic nitrogens is 6. The van der Waals surface area contributed by atoms with E-state index in [-0.39, 0.29) is 18.0 Å². The van der Waals surface area contributed by atoms with Crippen molar-refractivity contribution in [1.82, 2.24) is 34.7 Å². The van der Waals surface area contributed by atoms with E-state index >= 15 is 0 Å². The number of nitrogens with zero attached hydrogens (tertiary/aromatic N) is 6. The third-order valence-corrected chi connectivity index (χ3v) is 6.31. The molecule has 0 spiro atoms. The van der Waals surface area contributed by atoms with Crippen molar-refractivity contribution in [3.05, 3.63) is 18.6 Å². The lowest BCUT2D eigenvalue weighted by Crippen LogP contribution is -2.40. The van der Waals surface area contributed by atoms with E-state index in [1.807, 2.05) is 4.90 Å². The minimum absolute atomic E-state index is 0.124. The molecule has 1 aliphatic heterocycles. The molecule has 5 rings (SSSR count). The van der Waals surface area contributed by atoms with E-state index in [0.29, 0.717) is 23.2 Å². The molecule has 0 bridgehead atoms. The van der Waals surface area contributed by atoms with Crippen molar-refractivity contribution < 1.29 is 13.2 Å². The number of ether oxygens (including phenoxy) is 1. The van der Waals surface area contributed by atoms with Crippen molar-refractivity contribution >= 4 is 22.3 Å². The van der Waals surface area contributed by atoms with E-state index in [1.54, 1.807) is 23.1 Å². The van der Waals surface area contributed by atoms with E-state index in [4.69, 9.17) is 4.74 Å². The van der Waals surface area contributed by atoms with E-state index < -0.39 is 10.7 Å². The maximum Gasteiger partial charge on any atom is 0.244 e. The van der Waals surface area contributed by atoms with Crippen LogP contribution in [0.2, 0.25) is 0 Å². The second kappa shape index (κ2) is 8.19. The number of anilines is 1. The highest BCUT2D eigenvalue weighted by Gasteiger charge is 2.25. The Hall–Kier alpha value is -2.73. The van der Waals surface area contributed by atoms with Crippen LogP contribution >= 0.6 is 0 Å². The minimum atomic E-state index is -2.38. The van der Waals surface area contributed by atoms with Gasteiger partial charge < -0.3 is 10.1 Å². The highest BCUT2D eigenvalue weighted by atomic mass is 32.2. The van der Waals surface area contributed by atoms with Crippen molar-refractivity contribution in [1.29, 1.82) is 0 Å². The molecule has 30 heavy (non-hydrogen) atoms. The summed E-state index contributed by atoms with van der Waals surface area (Å²) in [7, 11) is -2.38. The van der Waals surface area contributed by atoms with Gasteiger partial charge in [-0.25, -0.2) is 13.4 Å². The number of thiol groups is 1. The summed E-state index contributed by atoms with van der Waals surface area (Å²) in [6.45, 7) is 1.47. The summed E-state index contributed by atoms with van der Waals surface area (Å²) in [6.07, 6.45) is 10.2. The molecule has 2 aliphatic rings. The normalized spacial score (nSPS) is 18.7. The van der Waals surface area contributed by atoms with Gasteiger partial charge in [-0.2, -0.15) is 14.6 Å². The lowest BCUT2D eigenvalue weighted by Gasteiger charge is -2.30. The van der Waals surface area contributed by atoms with Gasteiger partial charge in [0.15, 0.2) is 16.4 Å². The average molecular weight is 433 g/mol. The highest BCUT2D eigenvalue weighted by molar-refractivity contribution is 7.72. The van der Waals surface area contributed by atoms with Crippen molar-refractivity contribution in [2.75, 3.05) is 24.3 Å². The fourth-order valence-electron chi connectivity index (χ4n) is 3.79. The Morgan fingerprint density at radius 1 is 1.20 bits per heavy atom. The van der Waals surface area contributed by atoms with Crippen LogP contribution in [0.25, 0.3) is 16.9 Å². The van der Waals surface area contributed by atoms with E-state index in [0.717, 1.165) is 44.3 Å². The van der Waals surface area contributed by atoms with Crippen molar-refractivity contribution in [3.8, 4) is 17.1 Å². The summed E-state index contributed by atoms with van der Waals surface area (Å²) >= 11 is 0. The standard InChI is InChI=1S/C18H24N8O3S/c27-30(28)11-25-6-4-13(5-7-25)22-18-23-15-10-19-16(12-8-20-21-9-12)17(26(15)24-18)29-14-2-1-3-14/h8-10,13-14,30H,1-7,11H2,(H,20,21)(H,22,24). The van der Waals surface area contributed by atoms with Crippen LogP contribution in [0.3, 0.4) is 0 Å². The SMILES string of the molecule is O=[SH](=O)CN1CCC(Nc2nc3cnc(-c4cn[nH]c4)c(OC4CCC4)n3n2)CC1. The summed E-state index contributed by atoms with van der Waals surface area (Å²) in [6, 6.07) is 0.195. The van der Waals surface area contributed by atoms with Crippen LogP contribution in [0.4, 0.5) is 5.95 Å². The number of H-pyrrole nitrogens is 1. The van der Waals surface area contributed by atoms with Crippen LogP contribution in [-0.4, -0.2) is 74.2 Å². The summed E-state index contributed by atoms with van der Waals surface area (Å²) in [4.78, 5) is 11.1. The zero-order valence-electron chi connectivity index (χ0n) is 16.4. The predicted molar refractivity (Wildman–Crippen MR) is 110 cm³/mol. The second-order valence-corrected chi connectivity index (χ2v) is 8.73. The number of aromatic amines is 1. The smallest absolute Gasteiger partial charge is 0.244 e. The first-order valence-corrected chi connectivity index (χ1v) is 11.5. The molecule has 0 radical (unpaired) electrons. The fraction of sp³-hybridized carbons (Fsp3) is 0.556. The van der Waals surface area contributed by atoms with Gasteiger partial charge in [-0.3, -0.25) is 10.00 Å². The predicted octanol–water partition coefficient (Wildman–Crippen LogP) is 0.891. The molecule has 1 saturated carbocycles. The lowest BCUT2D eigenvalue weighted by molar-refractivity contribution is 0.112. The summed E-state index contributed by atoms with van der Waals surface area (Å²) < 4.78 is 29.8. The number of piperidine rings is 1. The zero-order valence-corrected chi connectivity index (χ0v) is 17.3. The second-order valence-electron chi connectivity index (χ2n) is 7.79. The molecule has 4 heterocycles. The maximum atomic E-state index is 10.9. The van der Waals surface area contributed by atoms with Crippen molar-refractivity contribution in [3.63, 3.8) is 0 Å². The molecule has 1 saturated heterocycles. The Morgan fingerprint density at radius 2 is 2.03 bits per heavy atom. The molecule has 11 nitrogen and oxygen atoms in total. The first-order chi connectivity index (χ1) is 14.7. The van der Waals surface area contributed by atoms with Gasteiger partial charge in [0.05, 0.1) is 18.3 Å². The largest absolute Gasteiger partial charge is 0.473 e. The van der Waals surface area contributed by atoms with Gasteiger partial charge in [-0.1, -0.05) is 0 Å². The van der Waals surface area contributed by atoms with Crippen LogP contribution in [0.15, 0.2) is 18.6 Å². The summed E-state index contributed by atoms with van der Waals surface area (Å²) in [5.41, 5.74) is 2.12. The molecule has 2 fully saturated rings. The van der Waals surface area contributed by atoms with Gasteiger partial charge in [-0.05, 0) is 32.1 Å². The van der Waals surface area contributed by atoms with E-state index in [2.05, 4.69) is 30.6 Å².